The van der Waals surface area contributed by atoms with Gasteiger partial charge in [0.2, 0.25) is 0 Å². The fraction of sp³-hybridized carbons (Fsp3) is 0.0625. The summed E-state index contributed by atoms with van der Waals surface area (Å²) >= 11 is 0. The van der Waals surface area contributed by atoms with Crippen LogP contribution in [-0.4, -0.2) is 21.8 Å². The third kappa shape index (κ3) is 3.92. The van der Waals surface area contributed by atoms with E-state index in [-0.39, 0.29) is 11.3 Å². The summed E-state index contributed by atoms with van der Waals surface area (Å²) in [5, 5.41) is 12.4. The molecule has 0 bridgehead atoms. The molecule has 0 radical (unpaired) electrons. The summed E-state index contributed by atoms with van der Waals surface area (Å²) < 4.78 is 6.05. The van der Waals surface area contributed by atoms with E-state index in [2.05, 4.69) is 4.98 Å². The summed E-state index contributed by atoms with van der Waals surface area (Å²) in [4.78, 5) is 31.7. The van der Waals surface area contributed by atoms with Crippen molar-refractivity contribution in [2.24, 2.45) is 0 Å². The van der Waals surface area contributed by atoms with E-state index in [9.17, 15) is 14.7 Å². The number of ether oxygens (including phenoxy) is 1. The molecule has 0 saturated carbocycles. The van der Waals surface area contributed by atoms with Crippen LogP contribution < -0.4 is 9.64 Å². The fourth-order valence-electron chi connectivity index (χ4n) is 5.02. The molecule has 1 unspecified atom stereocenters. The number of anilines is 1. The first-order chi connectivity index (χ1) is 18.5. The van der Waals surface area contributed by atoms with Crippen molar-refractivity contribution < 1.29 is 19.4 Å². The summed E-state index contributed by atoms with van der Waals surface area (Å²) in [5.41, 5.74) is 3.39. The predicted molar refractivity (Wildman–Crippen MR) is 147 cm³/mol. The molecule has 1 atom stereocenters. The number of aliphatic hydroxyl groups excluding tert-OH is 1. The van der Waals surface area contributed by atoms with Gasteiger partial charge < -0.3 is 14.8 Å². The fourth-order valence-corrected chi connectivity index (χ4v) is 5.02. The predicted octanol–water partition coefficient (Wildman–Crippen LogP) is 6.89. The van der Waals surface area contributed by atoms with Crippen molar-refractivity contribution in [1.29, 1.82) is 0 Å². The number of nitrogens with one attached hydrogen (secondary N) is 1. The van der Waals surface area contributed by atoms with E-state index >= 15 is 0 Å². The molecule has 2 heterocycles. The Hall–Kier alpha value is -5.10. The lowest BCUT2D eigenvalue weighted by molar-refractivity contribution is -0.132. The number of rotatable bonds is 5. The topological polar surface area (TPSA) is 82.6 Å². The van der Waals surface area contributed by atoms with Crippen molar-refractivity contribution in [3.8, 4) is 11.5 Å². The van der Waals surface area contributed by atoms with Crippen LogP contribution in [0, 0.1) is 6.92 Å². The van der Waals surface area contributed by atoms with Gasteiger partial charge in [0.25, 0.3) is 11.7 Å². The van der Waals surface area contributed by atoms with Crippen molar-refractivity contribution in [2.75, 3.05) is 4.90 Å². The molecule has 1 amide bonds. The van der Waals surface area contributed by atoms with Crippen LogP contribution in [0.2, 0.25) is 0 Å². The minimum absolute atomic E-state index is 0.0277. The highest BCUT2D eigenvalue weighted by Gasteiger charge is 2.47. The molecule has 38 heavy (non-hydrogen) atoms. The minimum atomic E-state index is -0.857. The summed E-state index contributed by atoms with van der Waals surface area (Å²) in [5.74, 6) is -0.445. The maximum Gasteiger partial charge on any atom is 0.300 e. The lowest BCUT2D eigenvalue weighted by atomic mass is 9.94. The molecule has 2 N–H and O–H groups in total. The molecule has 6 rings (SSSR count). The van der Waals surface area contributed by atoms with Gasteiger partial charge in [0.05, 0.1) is 11.6 Å². The van der Waals surface area contributed by atoms with Crippen LogP contribution >= 0.6 is 0 Å². The van der Waals surface area contributed by atoms with Crippen LogP contribution in [-0.2, 0) is 9.59 Å². The van der Waals surface area contributed by atoms with Crippen molar-refractivity contribution in [1.82, 2.24) is 4.98 Å². The van der Waals surface area contributed by atoms with Gasteiger partial charge in [-0.15, -0.1) is 0 Å². The van der Waals surface area contributed by atoms with Gasteiger partial charge in [-0.25, -0.2) is 0 Å². The zero-order valence-corrected chi connectivity index (χ0v) is 20.6. The number of hydrogen-bond acceptors (Lipinski definition) is 4. The number of amides is 1. The van der Waals surface area contributed by atoms with Crippen LogP contribution in [0.4, 0.5) is 5.69 Å². The van der Waals surface area contributed by atoms with E-state index in [1.165, 1.54) is 4.90 Å². The smallest absolute Gasteiger partial charge is 0.300 e. The second-order valence-electron chi connectivity index (χ2n) is 9.19. The monoisotopic (exact) mass is 500 g/mol. The number of aliphatic hydroxyl groups is 1. The Morgan fingerprint density at radius 2 is 1.55 bits per heavy atom. The maximum atomic E-state index is 13.6. The average molecular weight is 501 g/mol. The molecular weight excluding hydrogens is 476 g/mol. The normalized spacial score (nSPS) is 16.8. The highest BCUT2D eigenvalue weighted by molar-refractivity contribution is 6.52. The third-order valence-electron chi connectivity index (χ3n) is 6.82. The van der Waals surface area contributed by atoms with Gasteiger partial charge in [-0.3, -0.25) is 14.5 Å². The number of fused-ring (bicyclic) bond motifs is 1. The Kier molecular flexibility index (Phi) is 5.77. The van der Waals surface area contributed by atoms with E-state index in [4.69, 9.17) is 4.74 Å². The number of aryl methyl sites for hydroxylation is 1. The summed E-state index contributed by atoms with van der Waals surface area (Å²) in [7, 11) is 0. The molecule has 6 nitrogen and oxygen atoms in total. The highest BCUT2D eigenvalue weighted by atomic mass is 16.5. The van der Waals surface area contributed by atoms with Gasteiger partial charge in [-0.2, -0.15) is 0 Å². The second kappa shape index (κ2) is 9.41. The number of Topliss-reactive ketones (excluding diaryl/α,β-unsaturated/α-hetero) is 1. The first-order valence-corrected chi connectivity index (χ1v) is 12.3. The van der Waals surface area contributed by atoms with Gasteiger partial charge in [0.15, 0.2) is 0 Å². The second-order valence-corrected chi connectivity index (χ2v) is 9.19. The zero-order valence-electron chi connectivity index (χ0n) is 20.6. The molecule has 1 aliphatic heterocycles. The SMILES string of the molecule is Cc1ccccc1N1C(=O)C(=O)/C(=C(\O)c2c[nH]c3ccccc23)C1c1cccc(Oc2ccccc2)c1. The molecule has 1 aromatic heterocycles. The third-order valence-corrected chi connectivity index (χ3v) is 6.82. The average Bonchev–Trinajstić information content (AvgIpc) is 3.48. The molecular formula is C32H24N2O4. The number of hydrogen-bond donors (Lipinski definition) is 2. The Morgan fingerprint density at radius 3 is 2.37 bits per heavy atom. The molecule has 1 fully saturated rings. The Balaban J connectivity index is 1.55. The Morgan fingerprint density at radius 1 is 0.842 bits per heavy atom. The molecule has 6 heteroatoms. The van der Waals surface area contributed by atoms with E-state index < -0.39 is 17.7 Å². The lowest BCUT2D eigenvalue weighted by Crippen LogP contribution is -2.30. The van der Waals surface area contributed by atoms with Crippen LogP contribution in [0.5, 0.6) is 11.5 Å². The number of H-pyrrole nitrogens is 1. The number of carbonyl (C=O) groups excluding carboxylic acids is 2. The first kappa shape index (κ1) is 23.3. The summed E-state index contributed by atoms with van der Waals surface area (Å²) in [6, 6.07) is 30.7. The van der Waals surface area contributed by atoms with Crippen LogP contribution in [0.25, 0.3) is 16.7 Å². The molecule has 1 saturated heterocycles. The highest BCUT2D eigenvalue weighted by Crippen LogP contribution is 2.44. The standard InChI is InChI=1S/C32H24N2O4/c1-20-10-5-8-17-27(20)34-29(21-11-9-14-23(18-21)38-22-12-3-2-4-13-22)28(31(36)32(34)37)30(35)25-19-33-26-16-7-6-15-24(25)26/h2-19,29,33,35H,1H3/b30-28-. The number of nitrogens with zero attached hydrogens (tertiary/aromatic N) is 1. The van der Waals surface area contributed by atoms with Gasteiger partial charge in [0, 0.05) is 28.4 Å². The van der Waals surface area contributed by atoms with Crippen molar-refractivity contribution in [3.63, 3.8) is 0 Å². The van der Waals surface area contributed by atoms with Crippen LogP contribution in [0.3, 0.4) is 0 Å². The molecule has 1 aliphatic rings. The van der Waals surface area contributed by atoms with Crippen molar-refractivity contribution in [3.05, 3.63) is 132 Å². The van der Waals surface area contributed by atoms with Crippen molar-refractivity contribution in [2.45, 2.75) is 13.0 Å². The quantitative estimate of drug-likeness (QED) is 0.156. The number of para-hydroxylation sites is 3. The molecule has 0 aliphatic carbocycles. The van der Waals surface area contributed by atoms with E-state index in [1.807, 2.05) is 104 Å². The molecule has 5 aromatic rings. The number of ketones is 1. The molecule has 186 valence electrons. The largest absolute Gasteiger partial charge is 0.507 e. The Bertz CT molecular complexity index is 1720. The maximum absolute atomic E-state index is 13.6. The lowest BCUT2D eigenvalue weighted by Gasteiger charge is -2.27. The van der Waals surface area contributed by atoms with Gasteiger partial charge in [0.1, 0.15) is 17.3 Å². The summed E-state index contributed by atoms with van der Waals surface area (Å²) in [6.07, 6.45) is 1.66. The number of aromatic amines is 1. The number of carbonyl (C=O) groups is 2. The summed E-state index contributed by atoms with van der Waals surface area (Å²) in [6.45, 7) is 1.89. The minimum Gasteiger partial charge on any atom is -0.507 e. The van der Waals surface area contributed by atoms with Gasteiger partial charge in [-0.1, -0.05) is 66.7 Å². The van der Waals surface area contributed by atoms with Crippen LogP contribution in [0.1, 0.15) is 22.7 Å². The number of benzene rings is 4. The molecule has 4 aromatic carbocycles. The van der Waals surface area contributed by atoms with Crippen LogP contribution in [0.15, 0.2) is 115 Å². The van der Waals surface area contributed by atoms with Gasteiger partial charge in [-0.05, 0) is 54.4 Å². The zero-order chi connectivity index (χ0) is 26.2. The molecule has 0 spiro atoms. The van der Waals surface area contributed by atoms with Gasteiger partial charge >= 0.3 is 0 Å². The Labute approximate surface area is 219 Å². The first-order valence-electron chi connectivity index (χ1n) is 12.3. The van der Waals surface area contributed by atoms with E-state index in [0.29, 0.717) is 28.3 Å². The van der Waals surface area contributed by atoms with E-state index in [1.54, 1.807) is 12.3 Å². The van der Waals surface area contributed by atoms with E-state index in [0.717, 1.165) is 16.5 Å². The van der Waals surface area contributed by atoms with Crippen molar-refractivity contribution >= 4 is 34.0 Å². The number of aromatic nitrogens is 1.